The molecule has 1 aliphatic rings. The molecular formula is C14H18ClNO3S. The predicted octanol–water partition coefficient (Wildman–Crippen LogP) is 2.04. The molecule has 0 aliphatic carbocycles. The Morgan fingerprint density at radius 2 is 2.20 bits per heavy atom. The Kier molecular flexibility index (Phi) is 6.16. The lowest BCUT2D eigenvalue weighted by atomic mass is 10.2. The third-order valence-electron chi connectivity index (χ3n) is 3.09. The lowest BCUT2D eigenvalue weighted by molar-refractivity contribution is -0.139. The summed E-state index contributed by atoms with van der Waals surface area (Å²) in [6, 6.07) is 7.60. The van der Waals surface area contributed by atoms with E-state index in [1.807, 2.05) is 24.3 Å². The monoisotopic (exact) mass is 315 g/mol. The van der Waals surface area contributed by atoms with Crippen LogP contribution < -0.4 is 0 Å². The van der Waals surface area contributed by atoms with Gasteiger partial charge in [0.15, 0.2) is 0 Å². The van der Waals surface area contributed by atoms with E-state index < -0.39 is 0 Å². The minimum Gasteiger partial charge on any atom is -0.394 e. The van der Waals surface area contributed by atoms with Crippen LogP contribution in [-0.2, 0) is 9.53 Å². The molecule has 110 valence electrons. The molecule has 0 aromatic heterocycles. The molecule has 1 aromatic rings. The van der Waals surface area contributed by atoms with Crippen molar-refractivity contribution in [2.75, 3.05) is 32.1 Å². The minimum atomic E-state index is -0.239. The summed E-state index contributed by atoms with van der Waals surface area (Å²) in [7, 11) is 0. The highest BCUT2D eigenvalue weighted by Gasteiger charge is 2.23. The first-order chi connectivity index (χ1) is 9.69. The van der Waals surface area contributed by atoms with Crippen molar-refractivity contribution in [3.05, 3.63) is 29.3 Å². The lowest BCUT2D eigenvalue weighted by Crippen LogP contribution is -2.47. The number of nitrogens with zero attached hydrogens (tertiary/aromatic N) is 1. The van der Waals surface area contributed by atoms with Crippen molar-refractivity contribution in [3.63, 3.8) is 0 Å². The minimum absolute atomic E-state index is 0.0384. The standard InChI is InChI=1S/C14H18ClNO3S/c15-11-1-3-13(4-2-11)20-8-5-14(18)16-6-7-19-12(9-16)10-17/h1-4,12,17H,5-10H2. The van der Waals surface area contributed by atoms with E-state index in [1.54, 1.807) is 16.7 Å². The first kappa shape index (κ1) is 15.6. The van der Waals surface area contributed by atoms with Crippen LogP contribution in [0.25, 0.3) is 0 Å². The quantitative estimate of drug-likeness (QED) is 0.845. The summed E-state index contributed by atoms with van der Waals surface area (Å²) in [6.07, 6.45) is 0.252. The molecule has 0 saturated carbocycles. The van der Waals surface area contributed by atoms with Crippen LogP contribution in [0.1, 0.15) is 6.42 Å². The number of carbonyl (C=O) groups excluding carboxylic acids is 1. The van der Waals surface area contributed by atoms with Gasteiger partial charge in [0.05, 0.1) is 19.3 Å². The maximum Gasteiger partial charge on any atom is 0.223 e. The number of thioether (sulfide) groups is 1. The van der Waals surface area contributed by atoms with Gasteiger partial charge in [-0.05, 0) is 24.3 Å². The number of benzene rings is 1. The first-order valence-electron chi connectivity index (χ1n) is 6.57. The fraction of sp³-hybridized carbons (Fsp3) is 0.500. The Morgan fingerprint density at radius 1 is 1.45 bits per heavy atom. The SMILES string of the molecule is O=C(CCSc1ccc(Cl)cc1)N1CCOC(CO)C1. The van der Waals surface area contributed by atoms with Gasteiger partial charge in [-0.2, -0.15) is 0 Å². The molecule has 1 heterocycles. The molecule has 4 nitrogen and oxygen atoms in total. The van der Waals surface area contributed by atoms with Crippen LogP contribution in [0.15, 0.2) is 29.2 Å². The van der Waals surface area contributed by atoms with Crippen molar-refractivity contribution < 1.29 is 14.6 Å². The molecule has 1 unspecified atom stereocenters. The van der Waals surface area contributed by atoms with Crippen molar-refractivity contribution in [1.82, 2.24) is 4.90 Å². The average molecular weight is 316 g/mol. The van der Waals surface area contributed by atoms with Crippen LogP contribution in [-0.4, -0.2) is 54.1 Å². The van der Waals surface area contributed by atoms with E-state index in [9.17, 15) is 4.79 Å². The van der Waals surface area contributed by atoms with E-state index in [0.717, 1.165) is 10.6 Å². The molecular weight excluding hydrogens is 298 g/mol. The average Bonchev–Trinajstić information content (AvgIpc) is 2.49. The molecule has 1 atom stereocenters. The Balaban J connectivity index is 1.73. The van der Waals surface area contributed by atoms with Crippen LogP contribution in [0.4, 0.5) is 0 Å². The number of amides is 1. The van der Waals surface area contributed by atoms with E-state index in [-0.39, 0.29) is 18.6 Å². The Bertz CT molecular complexity index is 441. The van der Waals surface area contributed by atoms with Gasteiger partial charge in [0.2, 0.25) is 5.91 Å². The molecule has 1 aliphatic heterocycles. The molecule has 0 radical (unpaired) electrons. The second-order valence-electron chi connectivity index (χ2n) is 4.57. The first-order valence-corrected chi connectivity index (χ1v) is 7.94. The summed E-state index contributed by atoms with van der Waals surface area (Å²) < 4.78 is 5.33. The zero-order valence-corrected chi connectivity index (χ0v) is 12.7. The number of carbonyl (C=O) groups is 1. The maximum atomic E-state index is 12.1. The van der Waals surface area contributed by atoms with Crippen molar-refractivity contribution in [3.8, 4) is 0 Å². The van der Waals surface area contributed by atoms with E-state index in [2.05, 4.69) is 0 Å². The van der Waals surface area contributed by atoms with Gasteiger partial charge in [0, 0.05) is 35.2 Å². The molecule has 6 heteroatoms. The van der Waals surface area contributed by atoms with Gasteiger partial charge >= 0.3 is 0 Å². The number of aliphatic hydroxyl groups excluding tert-OH is 1. The normalized spacial score (nSPS) is 19.1. The van der Waals surface area contributed by atoms with Crippen molar-refractivity contribution in [2.45, 2.75) is 17.4 Å². The van der Waals surface area contributed by atoms with E-state index in [1.165, 1.54) is 0 Å². The van der Waals surface area contributed by atoms with Crippen LogP contribution in [0, 0.1) is 0 Å². The number of ether oxygens (including phenoxy) is 1. The fourth-order valence-electron chi connectivity index (χ4n) is 2.00. The third-order valence-corrected chi connectivity index (χ3v) is 4.36. The van der Waals surface area contributed by atoms with E-state index in [4.69, 9.17) is 21.4 Å². The highest BCUT2D eigenvalue weighted by Crippen LogP contribution is 2.21. The Hall–Kier alpha value is -0.750. The predicted molar refractivity (Wildman–Crippen MR) is 80.2 cm³/mol. The topological polar surface area (TPSA) is 49.8 Å². The zero-order valence-electron chi connectivity index (χ0n) is 11.1. The van der Waals surface area contributed by atoms with Gasteiger partial charge in [-0.1, -0.05) is 11.6 Å². The largest absolute Gasteiger partial charge is 0.394 e. The number of morpholine rings is 1. The molecule has 1 saturated heterocycles. The van der Waals surface area contributed by atoms with Crippen LogP contribution >= 0.6 is 23.4 Å². The molecule has 1 amide bonds. The Labute approximate surface area is 128 Å². The molecule has 0 bridgehead atoms. The lowest BCUT2D eigenvalue weighted by Gasteiger charge is -2.32. The summed E-state index contributed by atoms with van der Waals surface area (Å²) >= 11 is 7.46. The second kappa shape index (κ2) is 7.88. The number of hydrogen-bond donors (Lipinski definition) is 1. The Morgan fingerprint density at radius 3 is 2.90 bits per heavy atom. The van der Waals surface area contributed by atoms with Gasteiger partial charge in [0.1, 0.15) is 0 Å². The maximum absolute atomic E-state index is 12.1. The highest BCUT2D eigenvalue weighted by atomic mass is 35.5. The number of rotatable bonds is 5. The molecule has 1 fully saturated rings. The summed E-state index contributed by atoms with van der Waals surface area (Å²) in [6.45, 7) is 1.56. The van der Waals surface area contributed by atoms with E-state index in [0.29, 0.717) is 31.1 Å². The fourth-order valence-corrected chi connectivity index (χ4v) is 2.97. The van der Waals surface area contributed by atoms with Gasteiger partial charge in [-0.15, -0.1) is 11.8 Å². The van der Waals surface area contributed by atoms with E-state index >= 15 is 0 Å². The van der Waals surface area contributed by atoms with Crippen molar-refractivity contribution >= 4 is 29.3 Å². The van der Waals surface area contributed by atoms with Crippen molar-refractivity contribution in [1.29, 1.82) is 0 Å². The third kappa shape index (κ3) is 4.66. The molecule has 2 rings (SSSR count). The van der Waals surface area contributed by atoms with Crippen LogP contribution in [0.2, 0.25) is 5.02 Å². The van der Waals surface area contributed by atoms with Gasteiger partial charge in [-0.25, -0.2) is 0 Å². The number of aliphatic hydroxyl groups is 1. The summed E-state index contributed by atoms with van der Waals surface area (Å²) in [5, 5.41) is 9.78. The van der Waals surface area contributed by atoms with Crippen molar-refractivity contribution in [2.24, 2.45) is 0 Å². The van der Waals surface area contributed by atoms with Crippen LogP contribution in [0.5, 0.6) is 0 Å². The van der Waals surface area contributed by atoms with Gasteiger partial charge < -0.3 is 14.7 Å². The van der Waals surface area contributed by atoms with Crippen LogP contribution in [0.3, 0.4) is 0 Å². The smallest absolute Gasteiger partial charge is 0.223 e. The number of hydrogen-bond acceptors (Lipinski definition) is 4. The second-order valence-corrected chi connectivity index (χ2v) is 6.17. The van der Waals surface area contributed by atoms with Gasteiger partial charge in [0.25, 0.3) is 0 Å². The van der Waals surface area contributed by atoms with Gasteiger partial charge in [-0.3, -0.25) is 4.79 Å². The summed E-state index contributed by atoms with van der Waals surface area (Å²) in [5.74, 6) is 0.856. The molecule has 1 N–H and O–H groups in total. The molecule has 20 heavy (non-hydrogen) atoms. The molecule has 0 spiro atoms. The molecule has 1 aromatic carbocycles. The summed E-state index contributed by atoms with van der Waals surface area (Å²) in [4.78, 5) is 14.9. The highest BCUT2D eigenvalue weighted by molar-refractivity contribution is 7.99. The summed E-state index contributed by atoms with van der Waals surface area (Å²) in [5.41, 5.74) is 0. The zero-order chi connectivity index (χ0) is 14.4. The number of halogens is 1.